The minimum atomic E-state index is -0.527. The molecule has 0 saturated carbocycles. The predicted octanol–water partition coefficient (Wildman–Crippen LogP) is 4.56. The molecule has 1 fully saturated rings. The molecule has 9 heteroatoms. The van der Waals surface area contributed by atoms with E-state index in [0.717, 1.165) is 12.8 Å². The summed E-state index contributed by atoms with van der Waals surface area (Å²) in [6.45, 7) is 2.94. The van der Waals surface area contributed by atoms with Crippen molar-refractivity contribution in [3.05, 3.63) is 69.5 Å². The Bertz CT molecular complexity index is 1620. The maximum Gasteiger partial charge on any atom is 0.265 e. The number of hydrogen-bond acceptors (Lipinski definition) is 5. The summed E-state index contributed by atoms with van der Waals surface area (Å²) in [6.07, 6.45) is 1.87. The minimum absolute atomic E-state index is 0.0168. The van der Waals surface area contributed by atoms with Crippen LogP contribution in [0.3, 0.4) is 0 Å². The van der Waals surface area contributed by atoms with E-state index in [1.165, 1.54) is 12.1 Å². The number of aryl methyl sites for hydroxylation is 1. The van der Waals surface area contributed by atoms with Gasteiger partial charge in [-0.25, -0.2) is 19.3 Å². The lowest BCUT2D eigenvalue weighted by Gasteiger charge is -2.14. The lowest BCUT2D eigenvalue weighted by atomic mass is 10.2. The van der Waals surface area contributed by atoms with Gasteiger partial charge < -0.3 is 4.74 Å². The number of hydrogen-bond donors (Lipinski definition) is 0. The van der Waals surface area contributed by atoms with Crippen LogP contribution in [0.5, 0.6) is 0 Å². The summed E-state index contributed by atoms with van der Waals surface area (Å²) in [5.41, 5.74) is 3.02. The normalized spacial score (nSPS) is 16.4. The Hall–Kier alpha value is -3.36. The average molecular weight is 464 g/mol. The van der Waals surface area contributed by atoms with Crippen LogP contribution >= 0.6 is 11.6 Å². The van der Waals surface area contributed by atoms with Crippen molar-refractivity contribution >= 4 is 44.8 Å². The van der Waals surface area contributed by atoms with E-state index in [0.29, 0.717) is 57.9 Å². The molecule has 166 valence electrons. The van der Waals surface area contributed by atoms with Gasteiger partial charge in [0.15, 0.2) is 11.3 Å². The number of halogens is 2. The Morgan fingerprint density at radius 1 is 1.12 bits per heavy atom. The minimum Gasteiger partial charge on any atom is -0.376 e. The first-order chi connectivity index (χ1) is 16.0. The number of fused-ring (bicyclic) bond motifs is 4. The first kappa shape index (κ1) is 20.3. The lowest BCUT2D eigenvalue weighted by molar-refractivity contribution is 0.0955. The molecule has 0 bridgehead atoms. The van der Waals surface area contributed by atoms with Gasteiger partial charge in [0.2, 0.25) is 0 Å². The SMILES string of the molecule is Cc1nc2c(c(=O)n1C[C@@H]1CCCO1)c1nc3ccccc3nc1n2-c1ccc(F)c(Cl)c1. The maximum absolute atomic E-state index is 13.9. The zero-order chi connectivity index (χ0) is 22.7. The molecule has 0 spiro atoms. The lowest BCUT2D eigenvalue weighted by Crippen LogP contribution is -2.29. The van der Waals surface area contributed by atoms with Crippen LogP contribution in [0.2, 0.25) is 5.02 Å². The fraction of sp³-hybridized carbons (Fsp3) is 0.250. The highest BCUT2D eigenvalue weighted by Crippen LogP contribution is 2.30. The molecule has 2 aromatic carbocycles. The first-order valence-electron chi connectivity index (χ1n) is 10.8. The van der Waals surface area contributed by atoms with Gasteiger partial charge in [0.1, 0.15) is 22.5 Å². The van der Waals surface area contributed by atoms with Crippen LogP contribution in [0, 0.1) is 12.7 Å². The smallest absolute Gasteiger partial charge is 0.265 e. The van der Waals surface area contributed by atoms with Crippen LogP contribution in [-0.2, 0) is 11.3 Å². The number of rotatable bonds is 3. The molecule has 33 heavy (non-hydrogen) atoms. The summed E-state index contributed by atoms with van der Waals surface area (Å²) in [5.74, 6) is 0.0330. The predicted molar refractivity (Wildman–Crippen MR) is 125 cm³/mol. The van der Waals surface area contributed by atoms with E-state index < -0.39 is 5.82 Å². The van der Waals surface area contributed by atoms with Gasteiger partial charge in [-0.1, -0.05) is 23.7 Å². The van der Waals surface area contributed by atoms with Crippen LogP contribution in [0.1, 0.15) is 18.7 Å². The highest BCUT2D eigenvalue weighted by atomic mass is 35.5. The molecule has 0 unspecified atom stereocenters. The van der Waals surface area contributed by atoms with Gasteiger partial charge in [0, 0.05) is 6.61 Å². The van der Waals surface area contributed by atoms with Crippen molar-refractivity contribution in [2.24, 2.45) is 0 Å². The van der Waals surface area contributed by atoms with Crippen molar-refractivity contribution in [2.75, 3.05) is 6.61 Å². The number of ether oxygens (including phenoxy) is 1. The largest absolute Gasteiger partial charge is 0.376 e. The van der Waals surface area contributed by atoms with Crippen LogP contribution in [-0.4, -0.2) is 36.8 Å². The van der Waals surface area contributed by atoms with Gasteiger partial charge in [0.05, 0.1) is 34.4 Å². The van der Waals surface area contributed by atoms with Crippen molar-refractivity contribution in [3.63, 3.8) is 0 Å². The zero-order valence-electron chi connectivity index (χ0n) is 17.8. The summed E-state index contributed by atoms with van der Waals surface area (Å²) in [5, 5.41) is 0.340. The van der Waals surface area contributed by atoms with Crippen molar-refractivity contribution < 1.29 is 9.13 Å². The summed E-state index contributed by atoms with van der Waals surface area (Å²) >= 11 is 6.09. The molecule has 6 rings (SSSR count). The zero-order valence-corrected chi connectivity index (χ0v) is 18.5. The van der Waals surface area contributed by atoms with Crippen LogP contribution in [0.25, 0.3) is 38.9 Å². The van der Waals surface area contributed by atoms with Gasteiger partial charge in [0.25, 0.3) is 5.56 Å². The molecule has 1 aliphatic heterocycles. The van der Waals surface area contributed by atoms with Gasteiger partial charge in [-0.05, 0) is 50.1 Å². The second-order valence-electron chi connectivity index (χ2n) is 8.23. The van der Waals surface area contributed by atoms with E-state index in [1.54, 1.807) is 22.1 Å². The maximum atomic E-state index is 13.9. The highest BCUT2D eigenvalue weighted by molar-refractivity contribution is 6.31. The third-order valence-corrected chi connectivity index (χ3v) is 6.41. The molecule has 0 aliphatic carbocycles. The molecule has 7 nitrogen and oxygen atoms in total. The number of benzene rings is 2. The van der Waals surface area contributed by atoms with Gasteiger partial charge in [-0.15, -0.1) is 0 Å². The summed E-state index contributed by atoms with van der Waals surface area (Å²) in [6, 6.07) is 11.8. The second-order valence-corrected chi connectivity index (χ2v) is 8.63. The van der Waals surface area contributed by atoms with Gasteiger partial charge >= 0.3 is 0 Å². The van der Waals surface area contributed by atoms with Crippen molar-refractivity contribution in [1.29, 1.82) is 0 Å². The third kappa shape index (κ3) is 3.20. The Morgan fingerprint density at radius 3 is 2.64 bits per heavy atom. The average Bonchev–Trinajstić information content (AvgIpc) is 3.42. The third-order valence-electron chi connectivity index (χ3n) is 6.13. The molecule has 1 saturated heterocycles. The molecule has 4 heterocycles. The van der Waals surface area contributed by atoms with Crippen molar-refractivity contribution in [1.82, 2.24) is 24.1 Å². The summed E-state index contributed by atoms with van der Waals surface area (Å²) in [4.78, 5) is 28.1. The molecular weight excluding hydrogens is 445 g/mol. The topological polar surface area (TPSA) is 74.8 Å². The van der Waals surface area contributed by atoms with Gasteiger partial charge in [-0.2, -0.15) is 0 Å². The fourth-order valence-electron chi connectivity index (χ4n) is 4.51. The van der Waals surface area contributed by atoms with Crippen LogP contribution in [0.4, 0.5) is 4.39 Å². The molecule has 1 atom stereocenters. The van der Waals surface area contributed by atoms with E-state index in [2.05, 4.69) is 0 Å². The van der Waals surface area contributed by atoms with E-state index in [1.807, 2.05) is 24.3 Å². The molecule has 5 aromatic rings. The van der Waals surface area contributed by atoms with E-state index in [4.69, 9.17) is 31.3 Å². The molecule has 1 aliphatic rings. The monoisotopic (exact) mass is 463 g/mol. The first-order valence-corrected chi connectivity index (χ1v) is 11.1. The number of para-hydroxylation sites is 2. The molecule has 0 N–H and O–H groups in total. The summed E-state index contributed by atoms with van der Waals surface area (Å²) < 4.78 is 23.0. The number of aromatic nitrogens is 5. The quantitative estimate of drug-likeness (QED) is 0.392. The Balaban J connectivity index is 1.72. The Morgan fingerprint density at radius 2 is 1.91 bits per heavy atom. The van der Waals surface area contributed by atoms with Crippen molar-refractivity contribution in [3.8, 4) is 5.69 Å². The summed E-state index contributed by atoms with van der Waals surface area (Å²) in [7, 11) is 0. The second kappa shape index (κ2) is 7.60. The molecule has 3 aromatic heterocycles. The number of nitrogens with zero attached hydrogens (tertiary/aromatic N) is 5. The van der Waals surface area contributed by atoms with Crippen LogP contribution in [0.15, 0.2) is 47.3 Å². The molecule has 0 radical (unpaired) electrons. The van der Waals surface area contributed by atoms with Gasteiger partial charge in [-0.3, -0.25) is 13.9 Å². The standard InChI is InChI=1S/C24H19ClFN5O2/c1-13-27-22-20(24(32)30(13)12-15-5-4-10-33-15)21-23(29-19-7-3-2-6-18(19)28-21)31(22)14-8-9-17(26)16(25)11-14/h2-3,6-9,11,15H,4-5,10,12H2,1H3/t15-/m0/s1. The van der Waals surface area contributed by atoms with Crippen LogP contribution < -0.4 is 5.56 Å². The molecular formula is C24H19ClFN5O2. The Kier molecular flexibility index (Phi) is 4.67. The van der Waals surface area contributed by atoms with E-state index >= 15 is 0 Å². The Labute approximate surface area is 192 Å². The van der Waals surface area contributed by atoms with E-state index in [-0.39, 0.29) is 16.7 Å². The fourth-order valence-corrected chi connectivity index (χ4v) is 4.68. The highest BCUT2D eigenvalue weighted by Gasteiger charge is 2.24. The van der Waals surface area contributed by atoms with E-state index in [9.17, 15) is 9.18 Å². The van der Waals surface area contributed by atoms with Crippen molar-refractivity contribution in [2.45, 2.75) is 32.4 Å². The molecule has 0 amide bonds.